The highest BCUT2D eigenvalue weighted by molar-refractivity contribution is 7.92. The maximum Gasteiger partial charge on any atom is 0.157 e. The minimum absolute atomic E-state index is 0.0489. The third-order valence-electron chi connectivity index (χ3n) is 3.53. The lowest BCUT2D eigenvalue weighted by Crippen LogP contribution is -2.45. The van der Waals surface area contributed by atoms with Gasteiger partial charge in [0, 0.05) is 19.3 Å². The molecule has 1 aliphatic heterocycles. The first kappa shape index (κ1) is 13.9. The lowest BCUT2D eigenvalue weighted by Gasteiger charge is -2.29. The van der Waals surface area contributed by atoms with Crippen molar-refractivity contribution in [3.05, 3.63) is 0 Å². The van der Waals surface area contributed by atoms with E-state index in [4.69, 9.17) is 4.74 Å². The summed E-state index contributed by atoms with van der Waals surface area (Å²) in [7, 11) is -1.20. The molecule has 1 fully saturated rings. The molecule has 1 N–H and O–H groups in total. The number of ether oxygens (including phenoxy) is 1. The fourth-order valence-corrected chi connectivity index (χ4v) is 4.55. The second-order valence-corrected chi connectivity index (χ2v) is 7.00. The molecular weight excluding hydrogens is 226 g/mol. The summed E-state index contributed by atoms with van der Waals surface area (Å²) in [6.07, 6.45) is 2.12. The van der Waals surface area contributed by atoms with Crippen LogP contribution in [0.15, 0.2) is 0 Å². The fourth-order valence-electron chi connectivity index (χ4n) is 2.31. The van der Waals surface area contributed by atoms with Crippen LogP contribution < -0.4 is 5.32 Å². The van der Waals surface area contributed by atoms with Crippen molar-refractivity contribution in [2.24, 2.45) is 0 Å². The lowest BCUT2D eigenvalue weighted by atomic mass is 10.2. The molecule has 0 aromatic heterocycles. The van der Waals surface area contributed by atoms with Gasteiger partial charge in [-0.2, -0.15) is 0 Å². The number of rotatable bonds is 5. The summed E-state index contributed by atoms with van der Waals surface area (Å²) in [5.74, 6) is 0. The SMILES string of the molecule is CCC(NC)C(C)S(=O)(=O)C1CCOCC1. The molecule has 2 atom stereocenters. The van der Waals surface area contributed by atoms with E-state index in [1.807, 2.05) is 20.9 Å². The van der Waals surface area contributed by atoms with E-state index in [0.29, 0.717) is 26.1 Å². The average molecular weight is 249 g/mol. The Morgan fingerprint density at radius 1 is 1.38 bits per heavy atom. The maximum atomic E-state index is 12.3. The predicted octanol–water partition coefficient (Wildman–Crippen LogP) is 0.967. The maximum absolute atomic E-state index is 12.3. The molecule has 0 saturated carbocycles. The van der Waals surface area contributed by atoms with E-state index in [1.54, 1.807) is 0 Å². The third kappa shape index (κ3) is 2.96. The highest BCUT2D eigenvalue weighted by Crippen LogP contribution is 2.22. The van der Waals surface area contributed by atoms with Gasteiger partial charge < -0.3 is 10.1 Å². The summed E-state index contributed by atoms with van der Waals surface area (Å²) in [6, 6.07) is 0.0489. The first-order valence-corrected chi connectivity index (χ1v) is 7.62. The molecule has 1 aliphatic rings. The Kier molecular flexibility index (Phi) is 5.21. The molecule has 4 nitrogen and oxygen atoms in total. The standard InChI is InChI=1S/C11H23NO3S/c1-4-11(12-3)9(2)16(13,14)10-5-7-15-8-6-10/h9-12H,4-8H2,1-3H3. The van der Waals surface area contributed by atoms with Gasteiger partial charge in [0.1, 0.15) is 0 Å². The van der Waals surface area contributed by atoms with Crippen LogP contribution in [-0.2, 0) is 14.6 Å². The van der Waals surface area contributed by atoms with Crippen molar-refractivity contribution in [1.29, 1.82) is 0 Å². The number of hydrogen-bond acceptors (Lipinski definition) is 4. The van der Waals surface area contributed by atoms with Gasteiger partial charge in [-0.3, -0.25) is 0 Å². The molecule has 96 valence electrons. The van der Waals surface area contributed by atoms with Crippen LogP contribution in [0.4, 0.5) is 0 Å². The third-order valence-corrected chi connectivity index (χ3v) is 6.29. The minimum atomic E-state index is -3.03. The van der Waals surface area contributed by atoms with Gasteiger partial charge in [0.15, 0.2) is 9.84 Å². The van der Waals surface area contributed by atoms with Crippen LogP contribution in [0.1, 0.15) is 33.1 Å². The second-order valence-electron chi connectivity index (χ2n) is 4.41. The summed E-state index contributed by atoms with van der Waals surface area (Å²) in [4.78, 5) is 0. The molecule has 0 aromatic rings. The van der Waals surface area contributed by atoms with E-state index < -0.39 is 9.84 Å². The van der Waals surface area contributed by atoms with Crippen LogP contribution in [0, 0.1) is 0 Å². The topological polar surface area (TPSA) is 55.4 Å². The van der Waals surface area contributed by atoms with E-state index >= 15 is 0 Å². The van der Waals surface area contributed by atoms with Gasteiger partial charge in [0.25, 0.3) is 0 Å². The van der Waals surface area contributed by atoms with Crippen molar-refractivity contribution in [1.82, 2.24) is 5.32 Å². The molecule has 16 heavy (non-hydrogen) atoms. The van der Waals surface area contributed by atoms with Crippen LogP contribution >= 0.6 is 0 Å². The van der Waals surface area contributed by atoms with E-state index in [1.165, 1.54) is 0 Å². The molecule has 5 heteroatoms. The van der Waals surface area contributed by atoms with Crippen molar-refractivity contribution in [2.45, 2.75) is 49.7 Å². The Hall–Kier alpha value is -0.130. The van der Waals surface area contributed by atoms with Gasteiger partial charge in [-0.05, 0) is 33.2 Å². The van der Waals surface area contributed by atoms with Crippen molar-refractivity contribution in [3.63, 3.8) is 0 Å². The van der Waals surface area contributed by atoms with Crippen molar-refractivity contribution in [3.8, 4) is 0 Å². The molecule has 0 amide bonds. The Balaban J connectivity index is 2.74. The van der Waals surface area contributed by atoms with Crippen molar-refractivity contribution in [2.75, 3.05) is 20.3 Å². The average Bonchev–Trinajstić information content (AvgIpc) is 2.31. The molecule has 1 heterocycles. The van der Waals surface area contributed by atoms with E-state index in [2.05, 4.69) is 5.32 Å². The van der Waals surface area contributed by atoms with Crippen LogP contribution in [0.3, 0.4) is 0 Å². The largest absolute Gasteiger partial charge is 0.381 e. The van der Waals surface area contributed by atoms with Crippen molar-refractivity contribution < 1.29 is 13.2 Å². The monoisotopic (exact) mass is 249 g/mol. The predicted molar refractivity (Wildman–Crippen MR) is 65.4 cm³/mol. The molecule has 0 bridgehead atoms. The quantitative estimate of drug-likeness (QED) is 0.789. The van der Waals surface area contributed by atoms with Gasteiger partial charge in [-0.25, -0.2) is 8.42 Å². The Morgan fingerprint density at radius 2 is 1.94 bits per heavy atom. The summed E-state index contributed by atoms with van der Waals surface area (Å²) < 4.78 is 29.9. The Bertz CT molecular complexity index is 292. The molecular formula is C11H23NO3S. The van der Waals surface area contributed by atoms with E-state index in [0.717, 1.165) is 6.42 Å². The van der Waals surface area contributed by atoms with Gasteiger partial charge in [-0.1, -0.05) is 6.92 Å². The zero-order chi connectivity index (χ0) is 12.2. The number of nitrogens with one attached hydrogen (secondary N) is 1. The van der Waals surface area contributed by atoms with Crippen LogP contribution in [0.2, 0.25) is 0 Å². The Morgan fingerprint density at radius 3 is 2.38 bits per heavy atom. The summed E-state index contributed by atoms with van der Waals surface area (Å²) in [5.41, 5.74) is 0. The molecule has 1 rings (SSSR count). The molecule has 0 radical (unpaired) electrons. The number of sulfone groups is 1. The van der Waals surface area contributed by atoms with Crippen LogP contribution in [0.25, 0.3) is 0 Å². The van der Waals surface area contributed by atoms with E-state index in [9.17, 15) is 8.42 Å². The smallest absolute Gasteiger partial charge is 0.157 e. The highest BCUT2D eigenvalue weighted by atomic mass is 32.2. The molecule has 0 aromatic carbocycles. The number of hydrogen-bond donors (Lipinski definition) is 1. The van der Waals surface area contributed by atoms with Crippen molar-refractivity contribution >= 4 is 9.84 Å². The first-order valence-electron chi connectivity index (χ1n) is 6.01. The van der Waals surface area contributed by atoms with Gasteiger partial charge in [0.05, 0.1) is 10.5 Å². The molecule has 1 saturated heterocycles. The summed E-state index contributed by atoms with van der Waals surface area (Å²) >= 11 is 0. The summed E-state index contributed by atoms with van der Waals surface area (Å²) in [6.45, 7) is 4.98. The lowest BCUT2D eigenvalue weighted by molar-refractivity contribution is 0.0981. The van der Waals surface area contributed by atoms with Crippen LogP contribution in [-0.4, -0.2) is 45.2 Å². The van der Waals surface area contributed by atoms with E-state index in [-0.39, 0.29) is 16.5 Å². The molecule has 0 spiro atoms. The zero-order valence-corrected chi connectivity index (χ0v) is 11.2. The van der Waals surface area contributed by atoms with Gasteiger partial charge >= 0.3 is 0 Å². The first-order chi connectivity index (χ1) is 7.54. The molecule has 2 unspecified atom stereocenters. The van der Waals surface area contributed by atoms with Gasteiger partial charge in [0.2, 0.25) is 0 Å². The Labute approximate surface area is 98.7 Å². The molecule has 0 aliphatic carbocycles. The highest BCUT2D eigenvalue weighted by Gasteiger charge is 2.35. The second kappa shape index (κ2) is 5.98. The minimum Gasteiger partial charge on any atom is -0.381 e. The fraction of sp³-hybridized carbons (Fsp3) is 1.00. The van der Waals surface area contributed by atoms with Crippen LogP contribution in [0.5, 0.6) is 0 Å². The van der Waals surface area contributed by atoms with Gasteiger partial charge in [-0.15, -0.1) is 0 Å². The zero-order valence-electron chi connectivity index (χ0n) is 10.4. The normalized spacial score (nSPS) is 22.9. The summed E-state index contributed by atoms with van der Waals surface area (Å²) in [5, 5.41) is 2.56.